The average molecular weight is 389 g/mol. The summed E-state index contributed by atoms with van der Waals surface area (Å²) in [6, 6.07) is 9.11. The number of aromatic nitrogens is 1. The first kappa shape index (κ1) is 19.3. The van der Waals surface area contributed by atoms with E-state index in [1.165, 1.54) is 24.5 Å². The van der Waals surface area contributed by atoms with Gasteiger partial charge in [0.2, 0.25) is 0 Å². The molecule has 7 nitrogen and oxygen atoms in total. The Morgan fingerprint density at radius 1 is 1.22 bits per heavy atom. The number of likely N-dealkylation sites (N-methyl/N-ethyl adjacent to an activating group) is 1. The van der Waals surface area contributed by atoms with E-state index in [-0.39, 0.29) is 16.9 Å². The summed E-state index contributed by atoms with van der Waals surface area (Å²) in [6.07, 6.45) is 5.08. The number of sulfonamides is 1. The maximum absolute atomic E-state index is 12.7. The van der Waals surface area contributed by atoms with Crippen molar-refractivity contribution in [2.45, 2.75) is 30.8 Å². The minimum absolute atomic E-state index is 0.0816. The van der Waals surface area contributed by atoms with E-state index >= 15 is 0 Å². The molecule has 144 valence electrons. The van der Waals surface area contributed by atoms with E-state index in [1.807, 2.05) is 6.92 Å². The molecule has 1 N–H and O–H groups in total. The molecule has 1 atom stereocenters. The summed E-state index contributed by atoms with van der Waals surface area (Å²) in [5.74, 6) is -0.126. The van der Waals surface area contributed by atoms with Gasteiger partial charge in [-0.05, 0) is 56.2 Å². The van der Waals surface area contributed by atoms with Crippen LogP contribution in [-0.2, 0) is 14.8 Å². The SMILES string of the molecule is CCN(CC1CCCO1)C(=O)c1ccc(S(=O)(=O)Nc2ccncc2)cc1. The van der Waals surface area contributed by atoms with Gasteiger partial charge < -0.3 is 9.64 Å². The van der Waals surface area contributed by atoms with Crippen LogP contribution < -0.4 is 4.72 Å². The molecule has 27 heavy (non-hydrogen) atoms. The highest BCUT2D eigenvalue weighted by molar-refractivity contribution is 7.92. The summed E-state index contributed by atoms with van der Waals surface area (Å²) in [6.45, 7) is 3.79. The maximum atomic E-state index is 12.7. The van der Waals surface area contributed by atoms with Gasteiger partial charge in [0, 0.05) is 37.7 Å². The normalized spacial score (nSPS) is 16.9. The zero-order valence-electron chi connectivity index (χ0n) is 15.2. The molecular weight excluding hydrogens is 366 g/mol. The molecule has 1 aliphatic rings. The van der Waals surface area contributed by atoms with E-state index in [1.54, 1.807) is 29.2 Å². The summed E-state index contributed by atoms with van der Waals surface area (Å²) >= 11 is 0. The van der Waals surface area contributed by atoms with Crippen LogP contribution in [0, 0.1) is 0 Å². The van der Waals surface area contributed by atoms with Gasteiger partial charge in [-0.2, -0.15) is 0 Å². The van der Waals surface area contributed by atoms with Crippen LogP contribution in [-0.4, -0.2) is 50.0 Å². The van der Waals surface area contributed by atoms with Gasteiger partial charge in [0.1, 0.15) is 0 Å². The standard InChI is InChI=1S/C19H23N3O4S/c1-2-22(14-17-4-3-13-26-17)19(23)15-5-7-18(8-6-15)27(24,25)21-16-9-11-20-12-10-16/h5-12,17H,2-4,13-14H2,1H3,(H,20,21). The first-order valence-corrected chi connectivity index (χ1v) is 10.4. The lowest BCUT2D eigenvalue weighted by molar-refractivity contribution is 0.0539. The van der Waals surface area contributed by atoms with Crippen LogP contribution in [0.3, 0.4) is 0 Å². The molecule has 1 aliphatic heterocycles. The second kappa shape index (κ2) is 8.49. The molecule has 0 saturated carbocycles. The fourth-order valence-corrected chi connectivity index (χ4v) is 4.04. The summed E-state index contributed by atoms with van der Waals surface area (Å²) in [5.41, 5.74) is 0.886. The van der Waals surface area contributed by atoms with Crippen molar-refractivity contribution < 1.29 is 17.9 Å². The molecule has 0 aliphatic carbocycles. The van der Waals surface area contributed by atoms with Gasteiger partial charge in [0.05, 0.1) is 16.7 Å². The molecule has 1 amide bonds. The number of ether oxygens (including phenoxy) is 1. The number of rotatable bonds is 7. The van der Waals surface area contributed by atoms with Crippen LogP contribution in [0.5, 0.6) is 0 Å². The summed E-state index contributed by atoms with van der Waals surface area (Å²) < 4.78 is 33.0. The van der Waals surface area contributed by atoms with E-state index in [2.05, 4.69) is 9.71 Å². The van der Waals surface area contributed by atoms with Crippen LogP contribution in [0.2, 0.25) is 0 Å². The number of nitrogens with one attached hydrogen (secondary N) is 1. The van der Waals surface area contributed by atoms with E-state index in [0.717, 1.165) is 19.4 Å². The maximum Gasteiger partial charge on any atom is 0.261 e. The molecule has 3 rings (SSSR count). The van der Waals surface area contributed by atoms with Crippen LogP contribution in [0.15, 0.2) is 53.7 Å². The van der Waals surface area contributed by atoms with Gasteiger partial charge in [0.25, 0.3) is 15.9 Å². The zero-order valence-corrected chi connectivity index (χ0v) is 16.0. The molecule has 2 aromatic rings. The monoisotopic (exact) mass is 389 g/mol. The molecule has 8 heteroatoms. The van der Waals surface area contributed by atoms with Gasteiger partial charge in [-0.25, -0.2) is 8.42 Å². The van der Waals surface area contributed by atoms with E-state index in [0.29, 0.717) is 24.3 Å². The topological polar surface area (TPSA) is 88.6 Å². The van der Waals surface area contributed by atoms with Crippen molar-refractivity contribution in [3.63, 3.8) is 0 Å². The second-order valence-electron chi connectivity index (χ2n) is 6.34. The molecule has 1 aromatic heterocycles. The number of amides is 1. The van der Waals surface area contributed by atoms with Crippen LogP contribution in [0.4, 0.5) is 5.69 Å². The van der Waals surface area contributed by atoms with E-state index in [4.69, 9.17) is 4.74 Å². The Bertz CT molecular complexity index is 864. The quantitative estimate of drug-likeness (QED) is 0.786. The van der Waals surface area contributed by atoms with Gasteiger partial charge in [0.15, 0.2) is 0 Å². The number of pyridine rings is 1. The lowest BCUT2D eigenvalue weighted by atomic mass is 10.1. The van der Waals surface area contributed by atoms with Gasteiger partial charge in [-0.1, -0.05) is 0 Å². The van der Waals surface area contributed by atoms with Crippen molar-refractivity contribution >= 4 is 21.6 Å². The van der Waals surface area contributed by atoms with Crippen LogP contribution >= 0.6 is 0 Å². The Morgan fingerprint density at radius 2 is 1.93 bits per heavy atom. The fraction of sp³-hybridized carbons (Fsp3) is 0.368. The lowest BCUT2D eigenvalue weighted by Crippen LogP contribution is -2.37. The van der Waals surface area contributed by atoms with Crippen molar-refractivity contribution in [3.8, 4) is 0 Å². The number of benzene rings is 1. The molecule has 1 unspecified atom stereocenters. The van der Waals surface area contributed by atoms with Gasteiger partial charge >= 0.3 is 0 Å². The highest BCUT2D eigenvalue weighted by Gasteiger charge is 2.23. The van der Waals surface area contributed by atoms with Crippen molar-refractivity contribution in [1.29, 1.82) is 0 Å². The Hall–Kier alpha value is -2.45. The first-order valence-electron chi connectivity index (χ1n) is 8.93. The molecule has 2 heterocycles. The predicted molar refractivity (Wildman–Crippen MR) is 102 cm³/mol. The van der Waals surface area contributed by atoms with E-state index < -0.39 is 10.0 Å². The Balaban J connectivity index is 1.70. The number of hydrogen-bond donors (Lipinski definition) is 1. The van der Waals surface area contributed by atoms with Gasteiger partial charge in [-0.3, -0.25) is 14.5 Å². The van der Waals surface area contributed by atoms with Crippen molar-refractivity contribution in [2.75, 3.05) is 24.4 Å². The summed E-state index contributed by atoms with van der Waals surface area (Å²) in [5, 5.41) is 0. The molecule has 0 radical (unpaired) electrons. The Morgan fingerprint density at radius 3 is 2.52 bits per heavy atom. The number of nitrogens with zero attached hydrogens (tertiary/aromatic N) is 2. The Kier molecular flexibility index (Phi) is 6.08. The highest BCUT2D eigenvalue weighted by atomic mass is 32.2. The largest absolute Gasteiger partial charge is 0.376 e. The minimum Gasteiger partial charge on any atom is -0.376 e. The number of carbonyl (C=O) groups is 1. The van der Waals surface area contributed by atoms with Crippen molar-refractivity contribution in [1.82, 2.24) is 9.88 Å². The fourth-order valence-electron chi connectivity index (χ4n) is 2.98. The molecule has 1 fully saturated rings. The Labute approximate surface area is 159 Å². The number of anilines is 1. The molecular formula is C19H23N3O4S. The third kappa shape index (κ3) is 4.84. The smallest absolute Gasteiger partial charge is 0.261 e. The summed E-state index contributed by atoms with van der Waals surface area (Å²) in [4.78, 5) is 18.4. The van der Waals surface area contributed by atoms with E-state index in [9.17, 15) is 13.2 Å². The average Bonchev–Trinajstić information content (AvgIpc) is 3.19. The third-order valence-corrected chi connectivity index (χ3v) is 5.86. The molecule has 0 bridgehead atoms. The minimum atomic E-state index is -3.72. The second-order valence-corrected chi connectivity index (χ2v) is 8.03. The first-order chi connectivity index (χ1) is 13.0. The molecule has 0 spiro atoms. The highest BCUT2D eigenvalue weighted by Crippen LogP contribution is 2.18. The number of hydrogen-bond acceptors (Lipinski definition) is 5. The molecule has 1 aromatic carbocycles. The summed E-state index contributed by atoms with van der Waals surface area (Å²) in [7, 11) is -3.72. The molecule has 1 saturated heterocycles. The van der Waals surface area contributed by atoms with Crippen LogP contribution in [0.1, 0.15) is 30.1 Å². The van der Waals surface area contributed by atoms with Crippen LogP contribution in [0.25, 0.3) is 0 Å². The third-order valence-electron chi connectivity index (χ3n) is 4.46. The zero-order chi connectivity index (χ0) is 19.3. The lowest BCUT2D eigenvalue weighted by Gasteiger charge is -2.24. The van der Waals surface area contributed by atoms with Crippen molar-refractivity contribution in [2.24, 2.45) is 0 Å². The van der Waals surface area contributed by atoms with Crippen molar-refractivity contribution in [3.05, 3.63) is 54.4 Å². The predicted octanol–water partition coefficient (Wildman–Crippen LogP) is 2.52. The number of carbonyl (C=O) groups excluding carboxylic acids is 1. The van der Waals surface area contributed by atoms with Gasteiger partial charge in [-0.15, -0.1) is 0 Å².